The number of carboxylic acids is 1. The molecule has 2 amide bonds. The van der Waals surface area contributed by atoms with Gasteiger partial charge in [-0.1, -0.05) is 35.1 Å². The average molecular weight is 615 g/mol. The number of thioether (sulfide) groups is 2. The highest BCUT2D eigenvalue weighted by molar-refractivity contribution is 8.01. The molecule has 0 spiro atoms. The van der Waals surface area contributed by atoms with Crippen molar-refractivity contribution < 1.29 is 33.9 Å². The maximum absolute atomic E-state index is 13.2. The topological polar surface area (TPSA) is 191 Å². The largest absolute Gasteiger partial charge is 0.479 e. The summed E-state index contributed by atoms with van der Waals surface area (Å²) in [6.07, 6.45) is 0. The number of aryl methyl sites for hydroxylation is 1. The molecule has 2 aliphatic rings. The number of tetrazole rings is 1. The minimum atomic E-state index is -1.28. The van der Waals surface area contributed by atoms with Crippen LogP contribution in [-0.2, 0) is 35.8 Å². The summed E-state index contributed by atoms with van der Waals surface area (Å²) in [6.45, 7) is 2.48. The number of ether oxygens (including phenoxy) is 1. The molecule has 2 aromatic rings. The molecule has 15 nitrogen and oxygen atoms in total. The third-order valence-corrected chi connectivity index (χ3v) is 8.21. The van der Waals surface area contributed by atoms with Crippen molar-refractivity contribution in [2.45, 2.75) is 16.6 Å². The Balaban J connectivity index is 1.53. The van der Waals surface area contributed by atoms with E-state index in [1.807, 2.05) is 0 Å². The van der Waals surface area contributed by atoms with Crippen LogP contribution in [0, 0.1) is 0 Å². The standard InChI is InChI=1S/C20H19ClN8O7S3/c1-9(21)3-35-19(34)15-10(6-39-20-24-26-27-28(20)2)5-38-18-14(17(33)29(15)18)23-16(32)13(11-7-37-8-22-11)25-36-4-12(30)31/h7-8,14,18H,1,3-6H2,2H3,(H,23,32)(H,30,31)/b25-13+. The number of fused-ring (bicyclic) bond motifs is 1. The normalized spacial score (nSPS) is 18.8. The summed E-state index contributed by atoms with van der Waals surface area (Å²) >= 11 is 9.55. The van der Waals surface area contributed by atoms with Gasteiger partial charge in [0.25, 0.3) is 11.8 Å². The molecule has 206 valence electrons. The molecule has 2 aromatic heterocycles. The van der Waals surface area contributed by atoms with E-state index in [1.54, 1.807) is 7.05 Å². The number of hydrogen-bond donors (Lipinski definition) is 2. The van der Waals surface area contributed by atoms with Crippen molar-refractivity contribution in [3.63, 3.8) is 0 Å². The molecule has 1 saturated heterocycles. The van der Waals surface area contributed by atoms with Crippen LogP contribution >= 0.6 is 46.5 Å². The molecule has 2 atom stereocenters. The summed E-state index contributed by atoms with van der Waals surface area (Å²) in [7, 11) is 1.67. The van der Waals surface area contributed by atoms with Gasteiger partial charge in [0.2, 0.25) is 11.8 Å². The zero-order chi connectivity index (χ0) is 28.1. The number of oxime groups is 1. The number of esters is 1. The molecule has 2 aliphatic heterocycles. The van der Waals surface area contributed by atoms with Gasteiger partial charge in [-0.25, -0.2) is 19.3 Å². The number of carbonyl (C=O) groups excluding carboxylic acids is 3. The van der Waals surface area contributed by atoms with Crippen LogP contribution in [0.25, 0.3) is 0 Å². The van der Waals surface area contributed by atoms with E-state index in [1.165, 1.54) is 55.3 Å². The molecular formula is C20H19ClN8O7S3. The smallest absolute Gasteiger partial charge is 0.355 e. The number of aliphatic carboxylic acids is 1. The molecule has 2 unspecified atom stereocenters. The summed E-state index contributed by atoms with van der Waals surface area (Å²) in [4.78, 5) is 60.1. The first-order valence-electron chi connectivity index (χ1n) is 10.8. The second-order valence-corrected chi connectivity index (χ2v) is 11.1. The maximum atomic E-state index is 13.2. The van der Waals surface area contributed by atoms with Crippen molar-refractivity contribution >= 4 is 75.9 Å². The van der Waals surface area contributed by atoms with Gasteiger partial charge in [0.05, 0.1) is 5.51 Å². The van der Waals surface area contributed by atoms with Crippen molar-refractivity contribution in [2.75, 3.05) is 24.7 Å². The van der Waals surface area contributed by atoms with Gasteiger partial charge in [-0.3, -0.25) is 14.5 Å². The van der Waals surface area contributed by atoms with E-state index in [2.05, 4.69) is 37.6 Å². The molecule has 4 heterocycles. The molecule has 1 fully saturated rings. The van der Waals surface area contributed by atoms with Gasteiger partial charge < -0.3 is 20.0 Å². The van der Waals surface area contributed by atoms with Crippen LogP contribution in [0.15, 0.2) is 44.1 Å². The molecule has 19 heteroatoms. The van der Waals surface area contributed by atoms with Crippen molar-refractivity contribution in [1.29, 1.82) is 0 Å². The Morgan fingerprint density at radius 2 is 2.18 bits per heavy atom. The fourth-order valence-electron chi connectivity index (χ4n) is 3.39. The fraction of sp³-hybridized carbons (Fsp3) is 0.350. The summed E-state index contributed by atoms with van der Waals surface area (Å²) in [6, 6.07) is -1.01. The Morgan fingerprint density at radius 3 is 2.82 bits per heavy atom. The second-order valence-electron chi connectivity index (χ2n) is 7.76. The number of carboxylic acid groups (broad SMARTS) is 1. The predicted molar refractivity (Wildman–Crippen MR) is 140 cm³/mol. The molecule has 0 aromatic carbocycles. The van der Waals surface area contributed by atoms with E-state index in [0.717, 1.165) is 0 Å². The highest BCUT2D eigenvalue weighted by Gasteiger charge is 2.54. The van der Waals surface area contributed by atoms with Gasteiger partial charge in [0.1, 0.15) is 29.4 Å². The summed E-state index contributed by atoms with van der Waals surface area (Å²) in [5.41, 5.74) is 1.96. The predicted octanol–water partition coefficient (Wildman–Crippen LogP) is 0.214. The van der Waals surface area contributed by atoms with E-state index in [0.29, 0.717) is 22.2 Å². The number of carbonyl (C=O) groups is 4. The number of hydrogen-bond acceptors (Lipinski definition) is 14. The molecule has 4 rings (SSSR count). The lowest BCUT2D eigenvalue weighted by atomic mass is 10.0. The Labute approximate surface area is 237 Å². The minimum absolute atomic E-state index is 0.0491. The molecule has 2 N–H and O–H groups in total. The molecule has 0 bridgehead atoms. The number of halogens is 1. The lowest BCUT2D eigenvalue weighted by molar-refractivity contribution is -0.152. The SMILES string of the molecule is C=C(Cl)COC(=O)C1=C(CSc2nnnn2C)CSC2C(NC(=O)/C(=N/OCC(=O)O)c3cscn3)C(=O)N12. The number of nitrogens with one attached hydrogen (secondary N) is 1. The first-order chi connectivity index (χ1) is 18.7. The van der Waals surface area contributed by atoms with Crippen LogP contribution < -0.4 is 5.32 Å². The molecule has 0 saturated carbocycles. The van der Waals surface area contributed by atoms with Crippen molar-refractivity contribution in [3.8, 4) is 0 Å². The van der Waals surface area contributed by atoms with Crippen molar-refractivity contribution in [1.82, 2.24) is 35.4 Å². The number of nitrogens with zero attached hydrogens (tertiary/aromatic N) is 7. The number of β-lactam (4-membered cyclic amide) rings is 1. The second kappa shape index (κ2) is 12.6. The fourth-order valence-corrected chi connectivity index (χ4v) is 6.31. The Bertz CT molecular complexity index is 1360. The Kier molecular flexibility index (Phi) is 9.20. The van der Waals surface area contributed by atoms with Crippen LogP contribution in [0.2, 0.25) is 0 Å². The van der Waals surface area contributed by atoms with Crippen molar-refractivity contribution in [2.24, 2.45) is 12.2 Å². The number of aromatic nitrogens is 5. The molecular weight excluding hydrogens is 596 g/mol. The third kappa shape index (κ3) is 6.57. The van der Waals surface area contributed by atoms with Gasteiger partial charge >= 0.3 is 11.9 Å². The van der Waals surface area contributed by atoms with Crippen LogP contribution in [0.5, 0.6) is 0 Å². The van der Waals surface area contributed by atoms with E-state index in [-0.39, 0.29) is 28.7 Å². The monoisotopic (exact) mass is 614 g/mol. The lowest BCUT2D eigenvalue weighted by Crippen LogP contribution is -2.71. The average Bonchev–Trinajstić information content (AvgIpc) is 3.58. The molecule has 39 heavy (non-hydrogen) atoms. The van der Waals surface area contributed by atoms with E-state index < -0.39 is 41.8 Å². The number of amides is 2. The van der Waals surface area contributed by atoms with Crippen LogP contribution in [0.1, 0.15) is 5.69 Å². The van der Waals surface area contributed by atoms with Gasteiger partial charge in [-0.05, 0) is 16.0 Å². The highest BCUT2D eigenvalue weighted by atomic mass is 35.5. The van der Waals surface area contributed by atoms with Gasteiger partial charge in [0.15, 0.2) is 5.71 Å². The quantitative estimate of drug-likeness (QED) is 0.108. The van der Waals surface area contributed by atoms with Gasteiger partial charge in [-0.15, -0.1) is 28.2 Å². The lowest BCUT2D eigenvalue weighted by Gasteiger charge is -2.49. The first-order valence-corrected chi connectivity index (χ1v) is 14.2. The van der Waals surface area contributed by atoms with Crippen molar-refractivity contribution in [3.05, 3.63) is 39.5 Å². The molecule has 0 radical (unpaired) electrons. The van der Waals surface area contributed by atoms with Crippen LogP contribution in [0.4, 0.5) is 0 Å². The highest BCUT2D eigenvalue weighted by Crippen LogP contribution is 2.42. The van der Waals surface area contributed by atoms with Gasteiger partial charge in [0, 0.05) is 29.0 Å². The zero-order valence-corrected chi connectivity index (χ0v) is 23.2. The summed E-state index contributed by atoms with van der Waals surface area (Å²) in [5, 5.41) is 27.8. The third-order valence-electron chi connectivity index (χ3n) is 5.08. The first kappa shape index (κ1) is 28.5. The zero-order valence-electron chi connectivity index (χ0n) is 20.0. The van der Waals surface area contributed by atoms with E-state index in [9.17, 15) is 19.2 Å². The van der Waals surface area contributed by atoms with E-state index in [4.69, 9.17) is 26.3 Å². The Morgan fingerprint density at radius 1 is 1.38 bits per heavy atom. The van der Waals surface area contributed by atoms with Gasteiger partial charge in [-0.2, -0.15) is 0 Å². The van der Waals surface area contributed by atoms with Crippen LogP contribution in [0.3, 0.4) is 0 Å². The van der Waals surface area contributed by atoms with Crippen LogP contribution in [-0.4, -0.2) is 101 Å². The summed E-state index contributed by atoms with van der Waals surface area (Å²) in [5.74, 6) is -2.76. The molecule has 0 aliphatic carbocycles. The minimum Gasteiger partial charge on any atom is -0.479 e. The number of rotatable bonds is 12. The number of thiazole rings is 1. The summed E-state index contributed by atoms with van der Waals surface area (Å²) < 4.78 is 6.71. The van der Waals surface area contributed by atoms with E-state index >= 15 is 0 Å². The Hall–Kier alpha value is -3.48. The maximum Gasteiger partial charge on any atom is 0.355 e.